The maximum Gasteiger partial charge on any atom is 0.494 e. The summed E-state index contributed by atoms with van der Waals surface area (Å²) in [6, 6.07) is 21.1. The van der Waals surface area contributed by atoms with Gasteiger partial charge >= 0.3 is 13.1 Å². The maximum absolute atomic E-state index is 12.4. The lowest BCUT2D eigenvalue weighted by Crippen LogP contribution is -2.41. The molecule has 5 nitrogen and oxygen atoms in total. The van der Waals surface area contributed by atoms with Crippen LogP contribution in [0.1, 0.15) is 27.7 Å². The van der Waals surface area contributed by atoms with Crippen LogP contribution in [0, 0.1) is 0 Å². The predicted molar refractivity (Wildman–Crippen MR) is 119 cm³/mol. The third-order valence-electron chi connectivity index (χ3n) is 5.70. The number of benzene rings is 3. The highest BCUT2D eigenvalue weighted by Crippen LogP contribution is 2.36. The molecule has 0 unspecified atom stereocenters. The molecule has 3 aromatic rings. The van der Waals surface area contributed by atoms with Gasteiger partial charge in [-0.05, 0) is 68.2 Å². The summed E-state index contributed by atoms with van der Waals surface area (Å²) in [6.07, 6.45) is 0. The normalized spacial score (nSPS) is 17.3. The Kier molecular flexibility index (Phi) is 4.85. The van der Waals surface area contributed by atoms with Crippen molar-refractivity contribution in [1.82, 2.24) is 0 Å². The third kappa shape index (κ3) is 4.00. The number of anilines is 2. The SMILES string of the molecule is CC1(C)OB(c2ccc(NC(=O)Nc3ccc4ccccc4c3)cc2)OC1(C)C. The summed E-state index contributed by atoms with van der Waals surface area (Å²) in [7, 11) is -0.416. The van der Waals surface area contributed by atoms with Crippen molar-refractivity contribution in [3.05, 3.63) is 66.7 Å². The molecule has 2 amide bonds. The number of rotatable bonds is 3. The highest BCUT2D eigenvalue weighted by molar-refractivity contribution is 6.62. The first-order chi connectivity index (χ1) is 13.7. The van der Waals surface area contributed by atoms with Gasteiger partial charge in [0.1, 0.15) is 0 Å². The Labute approximate surface area is 171 Å². The Hall–Kier alpha value is -2.83. The number of fused-ring (bicyclic) bond motifs is 1. The van der Waals surface area contributed by atoms with Crippen LogP contribution >= 0.6 is 0 Å². The minimum absolute atomic E-state index is 0.288. The highest BCUT2D eigenvalue weighted by Gasteiger charge is 2.51. The van der Waals surface area contributed by atoms with Crippen LogP contribution in [0.15, 0.2) is 66.7 Å². The molecule has 1 heterocycles. The van der Waals surface area contributed by atoms with E-state index in [0.29, 0.717) is 5.69 Å². The summed E-state index contributed by atoms with van der Waals surface area (Å²) >= 11 is 0. The Morgan fingerprint density at radius 2 is 1.31 bits per heavy atom. The molecule has 0 bridgehead atoms. The van der Waals surface area contributed by atoms with Gasteiger partial charge in [0.2, 0.25) is 0 Å². The molecule has 1 saturated heterocycles. The zero-order chi connectivity index (χ0) is 20.6. The zero-order valence-electron chi connectivity index (χ0n) is 17.2. The average molecular weight is 388 g/mol. The van der Waals surface area contributed by atoms with Crippen LogP contribution in [0.25, 0.3) is 10.8 Å². The molecule has 0 aromatic heterocycles. The molecule has 1 aliphatic heterocycles. The summed E-state index contributed by atoms with van der Waals surface area (Å²) in [5.41, 5.74) is 1.60. The molecule has 148 valence electrons. The van der Waals surface area contributed by atoms with E-state index in [4.69, 9.17) is 9.31 Å². The second kappa shape index (κ2) is 7.21. The molecule has 0 radical (unpaired) electrons. The van der Waals surface area contributed by atoms with Gasteiger partial charge in [-0.3, -0.25) is 0 Å². The van der Waals surface area contributed by atoms with Crippen molar-refractivity contribution in [1.29, 1.82) is 0 Å². The smallest absolute Gasteiger partial charge is 0.399 e. The number of hydrogen-bond donors (Lipinski definition) is 2. The lowest BCUT2D eigenvalue weighted by molar-refractivity contribution is 0.00578. The summed E-state index contributed by atoms with van der Waals surface area (Å²) in [5.74, 6) is 0. The first-order valence-electron chi connectivity index (χ1n) is 9.76. The van der Waals surface area contributed by atoms with Gasteiger partial charge in [-0.15, -0.1) is 0 Å². The van der Waals surface area contributed by atoms with E-state index in [1.807, 2.05) is 94.4 Å². The second-order valence-electron chi connectivity index (χ2n) is 8.35. The molecular formula is C23H25BN2O3. The second-order valence-corrected chi connectivity index (χ2v) is 8.35. The molecule has 0 aliphatic carbocycles. The summed E-state index contributed by atoms with van der Waals surface area (Å²) in [4.78, 5) is 12.4. The van der Waals surface area contributed by atoms with Gasteiger partial charge in [0.05, 0.1) is 11.2 Å². The van der Waals surface area contributed by atoms with Crippen molar-refractivity contribution in [2.75, 3.05) is 10.6 Å². The predicted octanol–water partition coefficient (Wildman–Crippen LogP) is 4.78. The van der Waals surface area contributed by atoms with E-state index in [9.17, 15) is 4.79 Å². The number of amides is 2. The average Bonchev–Trinajstić information content (AvgIpc) is 2.89. The molecule has 6 heteroatoms. The Morgan fingerprint density at radius 3 is 1.97 bits per heavy atom. The first kappa shape index (κ1) is 19.5. The van der Waals surface area contributed by atoms with Crippen molar-refractivity contribution in [2.24, 2.45) is 0 Å². The minimum Gasteiger partial charge on any atom is -0.399 e. The van der Waals surface area contributed by atoms with Gasteiger partial charge in [0.25, 0.3) is 0 Å². The van der Waals surface area contributed by atoms with Crippen molar-refractivity contribution in [3.8, 4) is 0 Å². The van der Waals surface area contributed by atoms with E-state index in [1.54, 1.807) is 0 Å². The summed E-state index contributed by atoms with van der Waals surface area (Å²) in [6.45, 7) is 8.11. The van der Waals surface area contributed by atoms with Crippen LogP contribution in [0.5, 0.6) is 0 Å². The van der Waals surface area contributed by atoms with Gasteiger partial charge in [-0.25, -0.2) is 4.79 Å². The standard InChI is InChI=1S/C23H25BN2O3/c1-22(2)23(3,4)29-24(28-22)18-10-13-19(14-11-18)25-21(27)26-20-12-9-16-7-5-6-8-17(16)15-20/h5-15H,1-4H3,(H2,25,26,27). The van der Waals surface area contributed by atoms with Gasteiger partial charge < -0.3 is 19.9 Å². The van der Waals surface area contributed by atoms with Crippen molar-refractivity contribution in [2.45, 2.75) is 38.9 Å². The Balaban J connectivity index is 1.40. The first-order valence-corrected chi connectivity index (χ1v) is 9.76. The quantitative estimate of drug-likeness (QED) is 0.635. The lowest BCUT2D eigenvalue weighted by Gasteiger charge is -2.32. The molecule has 0 saturated carbocycles. The van der Waals surface area contributed by atoms with E-state index in [0.717, 1.165) is 21.9 Å². The van der Waals surface area contributed by atoms with Crippen LogP contribution in [0.4, 0.5) is 16.2 Å². The van der Waals surface area contributed by atoms with Crippen LogP contribution in [0.2, 0.25) is 0 Å². The van der Waals surface area contributed by atoms with Crippen molar-refractivity contribution >= 4 is 40.8 Å². The van der Waals surface area contributed by atoms with Crippen LogP contribution < -0.4 is 16.1 Å². The molecular weight excluding hydrogens is 363 g/mol. The maximum atomic E-state index is 12.4. The third-order valence-corrected chi connectivity index (χ3v) is 5.70. The Bertz CT molecular complexity index is 1030. The van der Waals surface area contributed by atoms with Gasteiger partial charge in [0, 0.05) is 11.4 Å². The largest absolute Gasteiger partial charge is 0.494 e. The van der Waals surface area contributed by atoms with E-state index in [-0.39, 0.29) is 17.2 Å². The van der Waals surface area contributed by atoms with E-state index in [2.05, 4.69) is 10.6 Å². The zero-order valence-corrected chi connectivity index (χ0v) is 17.2. The molecule has 4 rings (SSSR count). The molecule has 1 fully saturated rings. The molecule has 29 heavy (non-hydrogen) atoms. The van der Waals surface area contributed by atoms with Gasteiger partial charge in [0.15, 0.2) is 0 Å². The molecule has 2 N–H and O–H groups in total. The summed E-state index contributed by atoms with van der Waals surface area (Å²) in [5, 5.41) is 7.95. The van der Waals surface area contributed by atoms with E-state index >= 15 is 0 Å². The van der Waals surface area contributed by atoms with Gasteiger partial charge in [-0.1, -0.05) is 42.5 Å². The lowest BCUT2D eigenvalue weighted by atomic mass is 9.79. The van der Waals surface area contributed by atoms with Crippen molar-refractivity contribution in [3.63, 3.8) is 0 Å². The van der Waals surface area contributed by atoms with Crippen molar-refractivity contribution < 1.29 is 14.1 Å². The fraction of sp³-hybridized carbons (Fsp3) is 0.261. The fourth-order valence-corrected chi connectivity index (χ4v) is 3.26. The number of urea groups is 1. The number of carbonyl (C=O) groups excluding carboxylic acids is 1. The van der Waals surface area contributed by atoms with Crippen LogP contribution in [0.3, 0.4) is 0 Å². The topological polar surface area (TPSA) is 59.6 Å². The molecule has 0 spiro atoms. The van der Waals surface area contributed by atoms with Crippen LogP contribution in [-0.2, 0) is 9.31 Å². The van der Waals surface area contributed by atoms with Gasteiger partial charge in [-0.2, -0.15) is 0 Å². The monoisotopic (exact) mass is 388 g/mol. The molecule has 0 atom stereocenters. The molecule has 1 aliphatic rings. The Morgan fingerprint density at radius 1 is 0.759 bits per heavy atom. The molecule has 3 aromatic carbocycles. The van der Waals surface area contributed by atoms with E-state index in [1.165, 1.54) is 0 Å². The number of nitrogens with one attached hydrogen (secondary N) is 2. The fourth-order valence-electron chi connectivity index (χ4n) is 3.26. The van der Waals surface area contributed by atoms with Crippen LogP contribution in [-0.4, -0.2) is 24.4 Å². The minimum atomic E-state index is -0.416. The summed E-state index contributed by atoms with van der Waals surface area (Å²) < 4.78 is 12.1. The number of carbonyl (C=O) groups is 1. The van der Waals surface area contributed by atoms with E-state index < -0.39 is 7.12 Å². The number of hydrogen-bond acceptors (Lipinski definition) is 3. The highest BCUT2D eigenvalue weighted by atomic mass is 16.7.